The third kappa shape index (κ3) is 4.42. The number of ether oxygens (including phenoxy) is 1. The first-order chi connectivity index (χ1) is 16.5. The minimum absolute atomic E-state index is 0.0743. The van der Waals surface area contributed by atoms with Crippen LogP contribution < -0.4 is 4.74 Å². The summed E-state index contributed by atoms with van der Waals surface area (Å²) in [6.07, 6.45) is 3.36. The number of thioether (sulfide) groups is 1. The van der Waals surface area contributed by atoms with Crippen molar-refractivity contribution in [1.29, 1.82) is 0 Å². The summed E-state index contributed by atoms with van der Waals surface area (Å²) in [7, 11) is 1.64. The molecule has 1 aliphatic carbocycles. The molecular formula is C30H33NO2S. The Morgan fingerprint density at radius 3 is 2.59 bits per heavy atom. The van der Waals surface area contributed by atoms with Crippen molar-refractivity contribution in [3.05, 3.63) is 95.1 Å². The lowest BCUT2D eigenvalue weighted by molar-refractivity contribution is 0.0322. The molecule has 5 rings (SSSR count). The topological polar surface area (TPSA) is 29.5 Å². The lowest BCUT2D eigenvalue weighted by Gasteiger charge is -2.54. The Morgan fingerprint density at radius 2 is 1.85 bits per heavy atom. The van der Waals surface area contributed by atoms with Crippen molar-refractivity contribution >= 4 is 16.9 Å². The first-order valence-corrected chi connectivity index (χ1v) is 13.1. The summed E-state index contributed by atoms with van der Waals surface area (Å²) in [5.41, 5.74) is 5.18. The third-order valence-electron chi connectivity index (χ3n) is 8.16. The van der Waals surface area contributed by atoms with Gasteiger partial charge in [-0.15, -0.1) is 0 Å². The average molecular weight is 472 g/mol. The van der Waals surface area contributed by atoms with Gasteiger partial charge in [0.2, 0.25) is 5.12 Å². The monoisotopic (exact) mass is 471 g/mol. The Bertz CT molecular complexity index is 1160. The van der Waals surface area contributed by atoms with Crippen molar-refractivity contribution in [2.75, 3.05) is 20.2 Å². The minimum atomic E-state index is 0.0743. The van der Waals surface area contributed by atoms with E-state index in [0.29, 0.717) is 17.5 Å². The Morgan fingerprint density at radius 1 is 1.09 bits per heavy atom. The lowest BCUT2D eigenvalue weighted by Crippen LogP contribution is -2.58. The molecular weight excluding hydrogens is 438 g/mol. The number of benzene rings is 3. The highest BCUT2D eigenvalue weighted by molar-refractivity contribution is 8.14. The number of piperidine rings is 1. The van der Waals surface area contributed by atoms with Crippen LogP contribution in [0.1, 0.15) is 47.3 Å². The zero-order valence-electron chi connectivity index (χ0n) is 20.3. The SMILES string of the molecule is COc1ccc(C(=O)Sc2ccc3c(c2)[C@]2(C)CCN(CCc4ccccc4)C(C3)[C@@H]2C)cc1. The molecule has 0 N–H and O–H groups in total. The second kappa shape index (κ2) is 9.59. The van der Waals surface area contributed by atoms with Gasteiger partial charge in [-0.1, -0.05) is 50.2 Å². The van der Waals surface area contributed by atoms with E-state index in [9.17, 15) is 4.79 Å². The molecule has 1 heterocycles. The molecule has 0 amide bonds. The molecule has 3 nitrogen and oxygen atoms in total. The van der Waals surface area contributed by atoms with Crippen molar-refractivity contribution < 1.29 is 9.53 Å². The maximum atomic E-state index is 12.9. The first-order valence-electron chi connectivity index (χ1n) is 12.3. The average Bonchev–Trinajstić information content (AvgIpc) is 2.87. The quantitative estimate of drug-likeness (QED) is 0.389. The Hall–Kier alpha value is -2.56. The van der Waals surface area contributed by atoms with E-state index in [1.165, 1.54) is 28.5 Å². The summed E-state index contributed by atoms with van der Waals surface area (Å²) < 4.78 is 5.21. The molecule has 34 heavy (non-hydrogen) atoms. The number of hydrogen-bond donors (Lipinski definition) is 0. The van der Waals surface area contributed by atoms with E-state index in [2.05, 4.69) is 67.3 Å². The number of likely N-dealkylation sites (tertiary alicyclic amines) is 1. The van der Waals surface area contributed by atoms with Gasteiger partial charge in [0.05, 0.1) is 7.11 Å². The van der Waals surface area contributed by atoms with E-state index in [0.717, 1.165) is 43.0 Å². The standard InChI is InChI=1S/C30H33NO2S/c1-21-28-19-24-11-14-26(34-29(32)23-9-12-25(33-3)13-10-23)20-27(24)30(21,2)16-18-31(28)17-15-22-7-5-4-6-8-22/h4-14,20-21,28H,15-19H2,1-3H3/t21-,28?,30+/m0/s1. The van der Waals surface area contributed by atoms with Crippen LogP contribution in [0.2, 0.25) is 0 Å². The fraction of sp³-hybridized carbons (Fsp3) is 0.367. The van der Waals surface area contributed by atoms with E-state index in [4.69, 9.17) is 4.74 Å². The summed E-state index contributed by atoms with van der Waals surface area (Å²) in [6.45, 7) is 7.14. The fourth-order valence-corrected chi connectivity index (χ4v) is 6.62. The van der Waals surface area contributed by atoms with E-state index in [-0.39, 0.29) is 10.5 Å². The van der Waals surface area contributed by atoms with Crippen LogP contribution >= 0.6 is 11.8 Å². The van der Waals surface area contributed by atoms with Gasteiger partial charge in [-0.2, -0.15) is 0 Å². The van der Waals surface area contributed by atoms with Gasteiger partial charge in [0.1, 0.15) is 5.75 Å². The van der Waals surface area contributed by atoms with Crippen LogP contribution in [0.25, 0.3) is 0 Å². The first kappa shape index (κ1) is 23.2. The Labute approximate surface area is 207 Å². The summed E-state index contributed by atoms with van der Waals surface area (Å²) in [5, 5.41) is 0.0743. The van der Waals surface area contributed by atoms with Gasteiger partial charge in [0.25, 0.3) is 0 Å². The fourth-order valence-electron chi connectivity index (χ4n) is 5.84. The molecule has 1 fully saturated rings. The molecule has 0 spiro atoms. The number of carbonyl (C=O) groups excluding carboxylic acids is 1. The zero-order chi connectivity index (χ0) is 23.7. The van der Waals surface area contributed by atoms with E-state index >= 15 is 0 Å². The normalized spacial score (nSPS) is 23.9. The highest BCUT2D eigenvalue weighted by atomic mass is 32.2. The molecule has 2 bridgehead atoms. The van der Waals surface area contributed by atoms with E-state index in [1.54, 1.807) is 7.11 Å². The molecule has 2 aliphatic rings. The van der Waals surface area contributed by atoms with Gasteiger partial charge in [-0.25, -0.2) is 0 Å². The molecule has 0 radical (unpaired) electrons. The summed E-state index contributed by atoms with van der Waals surface area (Å²) >= 11 is 1.33. The van der Waals surface area contributed by atoms with E-state index in [1.807, 2.05) is 24.3 Å². The van der Waals surface area contributed by atoms with Gasteiger partial charge in [-0.05, 0) is 102 Å². The van der Waals surface area contributed by atoms with Gasteiger partial charge in [-0.3, -0.25) is 9.69 Å². The number of carbonyl (C=O) groups is 1. The largest absolute Gasteiger partial charge is 0.497 e. The summed E-state index contributed by atoms with van der Waals surface area (Å²) in [4.78, 5) is 16.6. The predicted octanol–water partition coefficient (Wildman–Crippen LogP) is 6.39. The van der Waals surface area contributed by atoms with Crippen LogP contribution in [-0.4, -0.2) is 36.3 Å². The smallest absolute Gasteiger partial charge is 0.224 e. The second-order valence-corrected chi connectivity index (χ2v) is 11.0. The van der Waals surface area contributed by atoms with Crippen LogP contribution in [0, 0.1) is 5.92 Å². The maximum absolute atomic E-state index is 12.9. The van der Waals surface area contributed by atoms with E-state index < -0.39 is 0 Å². The van der Waals surface area contributed by atoms with Gasteiger partial charge < -0.3 is 4.74 Å². The lowest BCUT2D eigenvalue weighted by atomic mass is 9.59. The van der Waals surface area contributed by atoms with Crippen LogP contribution in [0.15, 0.2) is 77.7 Å². The maximum Gasteiger partial charge on any atom is 0.224 e. The molecule has 3 aromatic rings. The van der Waals surface area contributed by atoms with Gasteiger partial charge >= 0.3 is 0 Å². The molecule has 3 atom stereocenters. The van der Waals surface area contributed by atoms with Gasteiger partial charge in [0.15, 0.2) is 0 Å². The van der Waals surface area contributed by atoms with Crippen LogP contribution in [-0.2, 0) is 18.3 Å². The molecule has 0 aromatic heterocycles. The van der Waals surface area contributed by atoms with Gasteiger partial charge in [0, 0.05) is 23.0 Å². The third-order valence-corrected chi connectivity index (χ3v) is 9.07. The van der Waals surface area contributed by atoms with Crippen molar-refractivity contribution in [3.8, 4) is 5.75 Å². The number of hydrogen-bond acceptors (Lipinski definition) is 4. The molecule has 176 valence electrons. The molecule has 3 aromatic carbocycles. The molecule has 1 saturated heterocycles. The summed E-state index contributed by atoms with van der Waals surface area (Å²) in [6, 6.07) is 25.5. The summed E-state index contributed by atoms with van der Waals surface area (Å²) in [5.74, 6) is 1.35. The molecule has 4 heteroatoms. The highest BCUT2D eigenvalue weighted by Gasteiger charge is 2.48. The Kier molecular flexibility index (Phi) is 6.54. The van der Waals surface area contributed by atoms with Crippen molar-refractivity contribution in [2.45, 2.75) is 49.5 Å². The molecule has 0 saturated carbocycles. The number of nitrogens with zero attached hydrogens (tertiary/aromatic N) is 1. The van der Waals surface area contributed by atoms with Crippen molar-refractivity contribution in [1.82, 2.24) is 4.90 Å². The molecule has 1 unspecified atom stereocenters. The number of fused-ring (bicyclic) bond motifs is 4. The zero-order valence-corrected chi connectivity index (χ0v) is 21.1. The highest BCUT2D eigenvalue weighted by Crippen LogP contribution is 2.49. The van der Waals surface area contributed by atoms with Crippen LogP contribution in [0.3, 0.4) is 0 Å². The number of methoxy groups -OCH3 is 1. The second-order valence-electron chi connectivity index (χ2n) is 9.94. The Balaban J connectivity index is 1.33. The van der Waals surface area contributed by atoms with Crippen molar-refractivity contribution in [2.24, 2.45) is 5.92 Å². The predicted molar refractivity (Wildman–Crippen MR) is 140 cm³/mol. The minimum Gasteiger partial charge on any atom is -0.497 e. The van der Waals surface area contributed by atoms with Crippen LogP contribution in [0.4, 0.5) is 0 Å². The molecule has 1 aliphatic heterocycles. The number of rotatable bonds is 6. The van der Waals surface area contributed by atoms with Crippen LogP contribution in [0.5, 0.6) is 5.75 Å². The van der Waals surface area contributed by atoms with Crippen molar-refractivity contribution in [3.63, 3.8) is 0 Å².